The molecular weight excluding hydrogens is 374 g/mol. The van der Waals surface area contributed by atoms with E-state index < -0.39 is 4.92 Å². The number of non-ortho nitro benzene ring substituents is 1. The van der Waals surface area contributed by atoms with E-state index in [1.54, 1.807) is 6.07 Å². The van der Waals surface area contributed by atoms with E-state index in [2.05, 4.69) is 5.32 Å². The maximum absolute atomic E-state index is 12.7. The average molecular weight is 398 g/mol. The summed E-state index contributed by atoms with van der Waals surface area (Å²) in [6, 6.07) is 10.7. The molecule has 2 heterocycles. The number of ether oxygens (including phenoxy) is 2. The number of rotatable bonds is 5. The first-order valence-corrected chi connectivity index (χ1v) is 9.80. The highest BCUT2D eigenvalue weighted by Gasteiger charge is 2.32. The van der Waals surface area contributed by atoms with Crippen molar-refractivity contribution in [2.24, 2.45) is 0 Å². The molecule has 29 heavy (non-hydrogen) atoms. The lowest BCUT2D eigenvalue weighted by Crippen LogP contribution is -3.11. The van der Waals surface area contributed by atoms with E-state index in [9.17, 15) is 14.9 Å². The van der Waals surface area contributed by atoms with Gasteiger partial charge in [-0.25, -0.2) is 0 Å². The number of nitrogens with zero attached hydrogens (tertiary/aromatic N) is 1. The first kappa shape index (κ1) is 19.2. The van der Waals surface area contributed by atoms with Gasteiger partial charge in [-0.3, -0.25) is 14.9 Å². The van der Waals surface area contributed by atoms with Crippen LogP contribution in [0.15, 0.2) is 36.4 Å². The molecule has 1 saturated heterocycles. The third kappa shape index (κ3) is 4.17. The molecule has 152 valence electrons. The summed E-state index contributed by atoms with van der Waals surface area (Å²) in [4.78, 5) is 24.4. The lowest BCUT2D eigenvalue weighted by Gasteiger charge is -2.24. The second-order valence-corrected chi connectivity index (χ2v) is 7.49. The Morgan fingerprint density at radius 2 is 2.00 bits per heavy atom. The number of nitrogens with one attached hydrogen (secondary N) is 2. The van der Waals surface area contributed by atoms with Crippen LogP contribution < -0.4 is 19.7 Å². The molecule has 2 aromatic carbocycles. The first-order chi connectivity index (χ1) is 14.0. The van der Waals surface area contributed by atoms with Crippen LogP contribution in [0.2, 0.25) is 0 Å². The molecule has 1 fully saturated rings. The second kappa shape index (κ2) is 8.08. The molecule has 8 heteroatoms. The van der Waals surface area contributed by atoms with Crippen LogP contribution in [0.4, 0.5) is 11.4 Å². The van der Waals surface area contributed by atoms with Gasteiger partial charge in [0.05, 0.1) is 17.2 Å². The first-order valence-electron chi connectivity index (χ1n) is 9.80. The number of aryl methyl sites for hydroxylation is 1. The lowest BCUT2D eigenvalue weighted by atomic mass is 10.0. The Morgan fingerprint density at radius 1 is 1.21 bits per heavy atom. The summed E-state index contributed by atoms with van der Waals surface area (Å²) >= 11 is 0. The molecule has 2 aliphatic rings. The summed E-state index contributed by atoms with van der Waals surface area (Å²) in [6.07, 6.45) is 2.04. The van der Waals surface area contributed by atoms with Crippen molar-refractivity contribution in [1.29, 1.82) is 0 Å². The van der Waals surface area contributed by atoms with Crippen molar-refractivity contribution < 1.29 is 24.1 Å². The highest BCUT2D eigenvalue weighted by atomic mass is 16.6. The molecule has 0 spiro atoms. The van der Waals surface area contributed by atoms with Gasteiger partial charge in [0, 0.05) is 30.5 Å². The zero-order valence-corrected chi connectivity index (χ0v) is 16.3. The number of likely N-dealkylation sites (tertiary alicyclic amines) is 1. The number of nitro benzene ring substituents is 1. The minimum Gasteiger partial charge on any atom is -0.486 e. The minimum atomic E-state index is -0.460. The highest BCUT2D eigenvalue weighted by Crippen LogP contribution is 2.33. The van der Waals surface area contributed by atoms with E-state index in [0.717, 1.165) is 42.0 Å². The quantitative estimate of drug-likeness (QED) is 0.594. The molecule has 1 amide bonds. The van der Waals surface area contributed by atoms with Gasteiger partial charge in [-0.15, -0.1) is 0 Å². The maximum Gasteiger partial charge on any atom is 0.279 e. The lowest BCUT2D eigenvalue weighted by molar-refractivity contribution is -0.910. The van der Waals surface area contributed by atoms with E-state index in [4.69, 9.17) is 9.47 Å². The van der Waals surface area contributed by atoms with Gasteiger partial charge in [-0.1, -0.05) is 6.07 Å². The van der Waals surface area contributed by atoms with Crippen LogP contribution in [0, 0.1) is 17.0 Å². The summed E-state index contributed by atoms with van der Waals surface area (Å²) < 4.78 is 11.3. The summed E-state index contributed by atoms with van der Waals surface area (Å²) in [5.41, 5.74) is 2.39. The van der Waals surface area contributed by atoms with Crippen LogP contribution in [0.1, 0.15) is 30.0 Å². The fourth-order valence-electron chi connectivity index (χ4n) is 4.06. The molecule has 0 aromatic heterocycles. The molecule has 1 unspecified atom stereocenters. The van der Waals surface area contributed by atoms with Gasteiger partial charge in [0.25, 0.3) is 11.6 Å². The van der Waals surface area contributed by atoms with Crippen LogP contribution in [-0.2, 0) is 4.79 Å². The largest absolute Gasteiger partial charge is 0.486 e. The Hall–Kier alpha value is -3.13. The van der Waals surface area contributed by atoms with Crippen molar-refractivity contribution in [3.05, 3.63) is 57.6 Å². The van der Waals surface area contributed by atoms with Crippen LogP contribution in [0.5, 0.6) is 11.5 Å². The molecule has 2 aliphatic heterocycles. The Balaban J connectivity index is 1.45. The monoisotopic (exact) mass is 398 g/mol. The summed E-state index contributed by atoms with van der Waals surface area (Å²) in [5, 5.41) is 13.8. The fourth-order valence-corrected chi connectivity index (χ4v) is 4.06. The predicted octanol–water partition coefficient (Wildman–Crippen LogP) is 2.03. The van der Waals surface area contributed by atoms with Crippen molar-refractivity contribution in [3.63, 3.8) is 0 Å². The Labute approximate surface area is 168 Å². The van der Waals surface area contributed by atoms with Crippen LogP contribution in [0.3, 0.4) is 0 Å². The van der Waals surface area contributed by atoms with Crippen molar-refractivity contribution in [1.82, 2.24) is 0 Å². The van der Waals surface area contributed by atoms with E-state index in [1.807, 2.05) is 25.1 Å². The molecule has 0 aliphatic carbocycles. The standard InChI is InChI=1S/C21H23N3O5/c1-14-4-6-16(24(26)27)12-17(14)22-21(25)13-23-8-2-3-18(23)15-5-7-19-20(11-15)29-10-9-28-19/h4-7,11-12,18H,2-3,8-10,13H2,1H3,(H,22,25)/p+1/t18-/m0/s1. The smallest absolute Gasteiger partial charge is 0.279 e. The number of carbonyl (C=O) groups excluding carboxylic acids is 1. The fraction of sp³-hybridized carbons (Fsp3) is 0.381. The van der Waals surface area contributed by atoms with Gasteiger partial charge in [-0.2, -0.15) is 0 Å². The predicted molar refractivity (Wildman–Crippen MR) is 107 cm³/mol. The normalized spacial score (nSPS) is 20.3. The SMILES string of the molecule is Cc1ccc([N+](=O)[O-])cc1NC(=O)C[NH+]1CCC[C@H]1c1ccc2c(c1)OCCO2. The Bertz CT molecular complexity index is 946. The topological polar surface area (TPSA) is 95.1 Å². The van der Waals surface area contributed by atoms with Gasteiger partial charge in [0.1, 0.15) is 19.3 Å². The number of anilines is 1. The number of fused-ring (bicyclic) bond motifs is 1. The molecule has 0 radical (unpaired) electrons. The third-order valence-electron chi connectivity index (χ3n) is 5.55. The average Bonchev–Trinajstić information content (AvgIpc) is 3.17. The number of carbonyl (C=O) groups is 1. The van der Waals surface area contributed by atoms with Crippen molar-refractivity contribution in [3.8, 4) is 11.5 Å². The van der Waals surface area contributed by atoms with Gasteiger partial charge >= 0.3 is 0 Å². The van der Waals surface area contributed by atoms with E-state index >= 15 is 0 Å². The molecule has 2 atom stereocenters. The summed E-state index contributed by atoms with van der Waals surface area (Å²) in [6.45, 7) is 4.13. The van der Waals surface area contributed by atoms with E-state index in [0.29, 0.717) is 25.4 Å². The van der Waals surface area contributed by atoms with E-state index in [-0.39, 0.29) is 17.6 Å². The molecule has 0 saturated carbocycles. The van der Waals surface area contributed by atoms with Gasteiger partial charge < -0.3 is 19.7 Å². The Kier molecular flexibility index (Phi) is 5.35. The molecular formula is C21H24N3O5+. The van der Waals surface area contributed by atoms with Gasteiger partial charge in [0.2, 0.25) is 0 Å². The molecule has 2 aromatic rings. The number of amides is 1. The number of hydrogen-bond acceptors (Lipinski definition) is 5. The number of hydrogen-bond donors (Lipinski definition) is 2. The Morgan fingerprint density at radius 3 is 2.79 bits per heavy atom. The molecule has 4 rings (SSSR count). The van der Waals surface area contributed by atoms with Crippen LogP contribution in [0.25, 0.3) is 0 Å². The number of quaternary nitrogens is 1. The van der Waals surface area contributed by atoms with Crippen LogP contribution in [-0.4, -0.2) is 37.1 Å². The zero-order chi connectivity index (χ0) is 20.4. The highest BCUT2D eigenvalue weighted by molar-refractivity contribution is 5.92. The van der Waals surface area contributed by atoms with E-state index in [1.165, 1.54) is 17.0 Å². The maximum atomic E-state index is 12.7. The summed E-state index contributed by atoms with van der Waals surface area (Å²) in [7, 11) is 0. The van der Waals surface area contributed by atoms with Gasteiger partial charge in [0.15, 0.2) is 18.0 Å². The number of benzene rings is 2. The van der Waals surface area contributed by atoms with Gasteiger partial charge in [-0.05, 0) is 30.7 Å². The third-order valence-corrected chi connectivity index (χ3v) is 5.55. The van der Waals surface area contributed by atoms with Crippen molar-refractivity contribution in [2.75, 3.05) is 31.6 Å². The molecule has 0 bridgehead atoms. The zero-order valence-electron chi connectivity index (χ0n) is 16.3. The van der Waals surface area contributed by atoms with Crippen LogP contribution >= 0.6 is 0 Å². The number of nitro groups is 1. The summed E-state index contributed by atoms with van der Waals surface area (Å²) in [5.74, 6) is 1.38. The van der Waals surface area contributed by atoms with Crippen molar-refractivity contribution in [2.45, 2.75) is 25.8 Å². The molecule has 2 N–H and O–H groups in total. The molecule has 8 nitrogen and oxygen atoms in total. The van der Waals surface area contributed by atoms with Crippen molar-refractivity contribution >= 4 is 17.3 Å². The second-order valence-electron chi connectivity index (χ2n) is 7.49. The minimum absolute atomic E-state index is 0.0337.